The van der Waals surface area contributed by atoms with Crippen molar-refractivity contribution in [1.82, 2.24) is 0 Å². The van der Waals surface area contributed by atoms with E-state index in [1.807, 2.05) is 36.4 Å². The normalized spacial score (nSPS) is 11.4. The van der Waals surface area contributed by atoms with Gasteiger partial charge in [-0.1, -0.05) is 60.7 Å². The number of benzene rings is 3. The Labute approximate surface area is 152 Å². The van der Waals surface area contributed by atoms with Gasteiger partial charge in [0.15, 0.2) is 11.9 Å². The van der Waals surface area contributed by atoms with Gasteiger partial charge in [-0.05, 0) is 31.2 Å². The molecule has 1 unspecified atom stereocenters. The van der Waals surface area contributed by atoms with Crippen LogP contribution in [0.15, 0.2) is 84.9 Å². The second-order valence-corrected chi connectivity index (χ2v) is 5.80. The van der Waals surface area contributed by atoms with Gasteiger partial charge in [0.25, 0.3) is 5.91 Å². The van der Waals surface area contributed by atoms with E-state index >= 15 is 0 Å². The van der Waals surface area contributed by atoms with Crippen LogP contribution in [-0.2, 0) is 4.79 Å². The molecule has 130 valence electrons. The lowest BCUT2D eigenvalue weighted by Crippen LogP contribution is -2.30. The molecule has 0 aliphatic carbocycles. The molecular formula is C22H19NO3. The fourth-order valence-electron chi connectivity index (χ4n) is 2.53. The SMILES string of the molecule is CC(Oc1ccccc1)C(=O)Nc1ccccc1C(=O)c1ccccc1. The number of amides is 1. The molecular weight excluding hydrogens is 326 g/mol. The fourth-order valence-corrected chi connectivity index (χ4v) is 2.53. The Morgan fingerprint density at radius 3 is 2.08 bits per heavy atom. The molecule has 0 aliphatic rings. The molecule has 26 heavy (non-hydrogen) atoms. The van der Waals surface area contributed by atoms with Crippen molar-refractivity contribution >= 4 is 17.4 Å². The summed E-state index contributed by atoms with van der Waals surface area (Å²) in [6.07, 6.45) is -0.697. The van der Waals surface area contributed by atoms with Crippen molar-refractivity contribution in [2.24, 2.45) is 0 Å². The summed E-state index contributed by atoms with van der Waals surface area (Å²) in [7, 11) is 0. The Morgan fingerprint density at radius 1 is 0.808 bits per heavy atom. The first-order chi connectivity index (χ1) is 12.6. The van der Waals surface area contributed by atoms with Gasteiger partial charge < -0.3 is 10.1 Å². The largest absolute Gasteiger partial charge is 0.481 e. The van der Waals surface area contributed by atoms with E-state index in [2.05, 4.69) is 5.32 Å². The molecule has 0 aromatic heterocycles. The Kier molecular flexibility index (Phi) is 5.44. The summed E-state index contributed by atoms with van der Waals surface area (Å²) in [5, 5.41) is 2.80. The first-order valence-corrected chi connectivity index (χ1v) is 8.36. The third-order valence-electron chi connectivity index (χ3n) is 3.89. The Balaban J connectivity index is 1.76. The second-order valence-electron chi connectivity index (χ2n) is 5.80. The Hall–Kier alpha value is -3.40. The summed E-state index contributed by atoms with van der Waals surface area (Å²) < 4.78 is 5.64. The number of anilines is 1. The molecule has 1 amide bonds. The number of carbonyl (C=O) groups excluding carboxylic acids is 2. The van der Waals surface area contributed by atoms with E-state index in [0.29, 0.717) is 22.6 Å². The molecule has 3 aromatic carbocycles. The van der Waals surface area contributed by atoms with Crippen LogP contribution < -0.4 is 10.1 Å². The maximum absolute atomic E-state index is 12.7. The first-order valence-electron chi connectivity index (χ1n) is 8.36. The minimum atomic E-state index is -0.697. The highest BCUT2D eigenvalue weighted by molar-refractivity contribution is 6.14. The van der Waals surface area contributed by atoms with Crippen LogP contribution in [0.4, 0.5) is 5.69 Å². The van der Waals surface area contributed by atoms with Gasteiger partial charge in [-0.15, -0.1) is 0 Å². The molecule has 0 saturated carbocycles. The third kappa shape index (κ3) is 4.16. The van der Waals surface area contributed by atoms with Crippen LogP contribution >= 0.6 is 0 Å². The lowest BCUT2D eigenvalue weighted by atomic mass is 10.0. The standard InChI is InChI=1S/C22H19NO3/c1-16(26-18-12-6-3-7-13-18)22(25)23-20-15-9-8-14-19(20)21(24)17-10-4-2-5-11-17/h2-16H,1H3,(H,23,25). The lowest BCUT2D eigenvalue weighted by Gasteiger charge is -2.16. The van der Waals surface area contributed by atoms with Crippen LogP contribution in [0.2, 0.25) is 0 Å². The Morgan fingerprint density at radius 2 is 1.38 bits per heavy atom. The number of rotatable bonds is 6. The minimum Gasteiger partial charge on any atom is -0.481 e. The van der Waals surface area contributed by atoms with Crippen LogP contribution in [0.5, 0.6) is 5.75 Å². The van der Waals surface area contributed by atoms with Crippen molar-refractivity contribution in [2.75, 3.05) is 5.32 Å². The highest BCUT2D eigenvalue weighted by atomic mass is 16.5. The van der Waals surface area contributed by atoms with Crippen LogP contribution in [0.1, 0.15) is 22.8 Å². The third-order valence-corrected chi connectivity index (χ3v) is 3.89. The van der Waals surface area contributed by atoms with E-state index in [4.69, 9.17) is 4.74 Å². The van der Waals surface area contributed by atoms with Gasteiger partial charge in [-0.25, -0.2) is 0 Å². The van der Waals surface area contributed by atoms with E-state index in [0.717, 1.165) is 0 Å². The van der Waals surface area contributed by atoms with Gasteiger partial charge >= 0.3 is 0 Å². The first kappa shape index (κ1) is 17.4. The van der Waals surface area contributed by atoms with Gasteiger partial charge in [0, 0.05) is 11.1 Å². The van der Waals surface area contributed by atoms with Crippen molar-refractivity contribution in [2.45, 2.75) is 13.0 Å². The summed E-state index contributed by atoms with van der Waals surface area (Å²) in [5.41, 5.74) is 1.48. The molecule has 0 spiro atoms. The minimum absolute atomic E-state index is 0.141. The molecule has 4 heteroatoms. The van der Waals surface area contributed by atoms with Crippen LogP contribution in [0, 0.1) is 0 Å². The predicted molar refractivity (Wildman–Crippen MR) is 101 cm³/mol. The Bertz CT molecular complexity index is 892. The zero-order chi connectivity index (χ0) is 18.4. The maximum Gasteiger partial charge on any atom is 0.265 e. The maximum atomic E-state index is 12.7. The number of para-hydroxylation sites is 2. The van der Waals surface area contributed by atoms with Crippen molar-refractivity contribution in [3.63, 3.8) is 0 Å². The lowest BCUT2D eigenvalue weighted by molar-refractivity contribution is -0.122. The summed E-state index contributed by atoms with van der Waals surface area (Å²) in [6, 6.07) is 25.1. The van der Waals surface area contributed by atoms with Crippen LogP contribution in [0.3, 0.4) is 0 Å². The van der Waals surface area contributed by atoms with Crippen molar-refractivity contribution in [1.29, 1.82) is 0 Å². The molecule has 0 heterocycles. The zero-order valence-electron chi connectivity index (χ0n) is 14.4. The van der Waals surface area contributed by atoms with Gasteiger partial charge in [-0.2, -0.15) is 0 Å². The van der Waals surface area contributed by atoms with E-state index < -0.39 is 6.10 Å². The highest BCUT2D eigenvalue weighted by Gasteiger charge is 2.19. The van der Waals surface area contributed by atoms with Crippen LogP contribution in [0.25, 0.3) is 0 Å². The van der Waals surface area contributed by atoms with Crippen molar-refractivity contribution in [3.8, 4) is 5.75 Å². The second kappa shape index (κ2) is 8.12. The molecule has 0 bridgehead atoms. The van der Waals surface area contributed by atoms with Gasteiger partial charge in [-0.3, -0.25) is 9.59 Å². The van der Waals surface area contributed by atoms with E-state index in [1.54, 1.807) is 55.5 Å². The number of ketones is 1. The van der Waals surface area contributed by atoms with Gasteiger partial charge in [0.05, 0.1) is 5.69 Å². The fraction of sp³-hybridized carbons (Fsp3) is 0.0909. The monoisotopic (exact) mass is 345 g/mol. The summed E-state index contributed by atoms with van der Waals surface area (Å²) in [6.45, 7) is 1.67. The van der Waals surface area contributed by atoms with E-state index in [9.17, 15) is 9.59 Å². The molecule has 0 fully saturated rings. The predicted octanol–water partition coefficient (Wildman–Crippen LogP) is 4.32. The molecule has 3 rings (SSSR count). The number of hydrogen-bond donors (Lipinski definition) is 1. The van der Waals surface area contributed by atoms with Gasteiger partial charge in [0.1, 0.15) is 5.75 Å². The van der Waals surface area contributed by atoms with Crippen molar-refractivity contribution < 1.29 is 14.3 Å². The highest BCUT2D eigenvalue weighted by Crippen LogP contribution is 2.20. The molecule has 3 aromatic rings. The molecule has 1 atom stereocenters. The van der Waals surface area contributed by atoms with E-state index in [1.165, 1.54) is 0 Å². The van der Waals surface area contributed by atoms with E-state index in [-0.39, 0.29) is 11.7 Å². The number of ether oxygens (including phenoxy) is 1. The van der Waals surface area contributed by atoms with Crippen LogP contribution in [-0.4, -0.2) is 17.8 Å². The summed E-state index contributed by atoms with van der Waals surface area (Å²) in [5.74, 6) is 0.157. The zero-order valence-corrected chi connectivity index (χ0v) is 14.4. The summed E-state index contributed by atoms with van der Waals surface area (Å²) in [4.78, 5) is 25.2. The summed E-state index contributed by atoms with van der Waals surface area (Å²) >= 11 is 0. The quantitative estimate of drug-likeness (QED) is 0.677. The number of carbonyl (C=O) groups is 2. The van der Waals surface area contributed by atoms with Crippen molar-refractivity contribution in [3.05, 3.63) is 96.1 Å². The molecule has 0 radical (unpaired) electrons. The topological polar surface area (TPSA) is 55.4 Å². The molecule has 4 nitrogen and oxygen atoms in total. The molecule has 0 aliphatic heterocycles. The average molecular weight is 345 g/mol. The molecule has 0 saturated heterocycles. The average Bonchev–Trinajstić information content (AvgIpc) is 2.69. The number of hydrogen-bond acceptors (Lipinski definition) is 3. The number of nitrogens with one attached hydrogen (secondary N) is 1. The smallest absolute Gasteiger partial charge is 0.265 e. The van der Waals surface area contributed by atoms with Gasteiger partial charge in [0.2, 0.25) is 0 Å². The molecule has 1 N–H and O–H groups in total.